The van der Waals surface area contributed by atoms with E-state index in [4.69, 9.17) is 22.4 Å². The molecule has 0 saturated heterocycles. The number of hydrogen-bond acceptors (Lipinski definition) is 6. The van der Waals surface area contributed by atoms with Crippen LogP contribution in [-0.4, -0.2) is 26.0 Å². The Hall–Kier alpha value is -2.06. The van der Waals surface area contributed by atoms with E-state index in [1.165, 1.54) is 12.1 Å². The Balaban J connectivity index is 2.45. The molecule has 0 unspecified atom stereocenters. The number of aromatic amines is 1. The first-order valence-electron chi connectivity index (χ1n) is 4.90. The summed E-state index contributed by atoms with van der Waals surface area (Å²) in [5.41, 5.74) is 4.96. The number of anilines is 1. The Labute approximate surface area is 115 Å². The molecular formula is C10H7ClN4O3S. The molecule has 0 amide bonds. The quantitative estimate of drug-likeness (QED) is 0.575. The van der Waals surface area contributed by atoms with Crippen molar-refractivity contribution >= 4 is 35.1 Å². The van der Waals surface area contributed by atoms with Crippen LogP contribution in [0.5, 0.6) is 0 Å². The van der Waals surface area contributed by atoms with E-state index >= 15 is 0 Å². The van der Waals surface area contributed by atoms with E-state index in [2.05, 4.69) is 15.0 Å². The summed E-state index contributed by atoms with van der Waals surface area (Å²) in [6.07, 6.45) is 0. The molecule has 2 aromatic rings. The number of rotatable bonds is 3. The Kier molecular flexibility index (Phi) is 3.72. The van der Waals surface area contributed by atoms with Gasteiger partial charge in [0.1, 0.15) is 16.0 Å². The third kappa shape index (κ3) is 3.24. The van der Waals surface area contributed by atoms with Crippen molar-refractivity contribution in [2.75, 3.05) is 5.73 Å². The monoisotopic (exact) mass is 298 g/mol. The van der Waals surface area contributed by atoms with Gasteiger partial charge in [-0.15, -0.1) is 0 Å². The van der Waals surface area contributed by atoms with E-state index in [9.17, 15) is 9.59 Å². The van der Waals surface area contributed by atoms with Gasteiger partial charge in [-0.05, 0) is 23.9 Å². The summed E-state index contributed by atoms with van der Waals surface area (Å²) in [7, 11) is 0. The van der Waals surface area contributed by atoms with Gasteiger partial charge in [0.25, 0.3) is 5.56 Å². The van der Waals surface area contributed by atoms with Crippen LogP contribution >= 0.6 is 23.4 Å². The van der Waals surface area contributed by atoms with E-state index in [0.717, 1.165) is 17.8 Å². The van der Waals surface area contributed by atoms with Crippen LogP contribution in [0.4, 0.5) is 5.82 Å². The van der Waals surface area contributed by atoms with Crippen LogP contribution < -0.4 is 11.3 Å². The van der Waals surface area contributed by atoms with Crippen molar-refractivity contribution < 1.29 is 9.90 Å². The lowest BCUT2D eigenvalue weighted by Crippen LogP contribution is -2.10. The zero-order valence-electron chi connectivity index (χ0n) is 9.25. The molecule has 2 rings (SSSR count). The maximum Gasteiger partial charge on any atom is 0.338 e. The minimum atomic E-state index is -1.15. The summed E-state index contributed by atoms with van der Waals surface area (Å²) in [5, 5.41) is 9.43. The lowest BCUT2D eigenvalue weighted by molar-refractivity contribution is 0.0692. The topological polar surface area (TPSA) is 122 Å². The van der Waals surface area contributed by atoms with Gasteiger partial charge in [0.15, 0.2) is 5.16 Å². The number of aromatic nitrogens is 3. The van der Waals surface area contributed by atoms with Gasteiger partial charge >= 0.3 is 5.97 Å². The van der Waals surface area contributed by atoms with Crippen molar-refractivity contribution in [2.24, 2.45) is 0 Å². The lowest BCUT2D eigenvalue weighted by Gasteiger charge is -2.04. The highest BCUT2D eigenvalue weighted by Gasteiger charge is 2.14. The summed E-state index contributed by atoms with van der Waals surface area (Å²) in [6.45, 7) is 0. The summed E-state index contributed by atoms with van der Waals surface area (Å²) in [5.74, 6) is -1.12. The molecule has 0 bridgehead atoms. The molecule has 19 heavy (non-hydrogen) atoms. The van der Waals surface area contributed by atoms with Gasteiger partial charge in [0, 0.05) is 6.07 Å². The molecule has 0 aliphatic carbocycles. The average Bonchev–Trinajstić information content (AvgIpc) is 2.26. The van der Waals surface area contributed by atoms with Crippen LogP contribution in [0, 0.1) is 0 Å². The minimum Gasteiger partial charge on any atom is -0.478 e. The summed E-state index contributed by atoms with van der Waals surface area (Å²) in [6, 6.07) is 3.81. The highest BCUT2D eigenvalue weighted by Crippen LogP contribution is 2.27. The molecule has 0 spiro atoms. The van der Waals surface area contributed by atoms with Crippen LogP contribution in [0.15, 0.2) is 33.2 Å². The first-order chi connectivity index (χ1) is 8.95. The van der Waals surface area contributed by atoms with Gasteiger partial charge < -0.3 is 15.8 Å². The van der Waals surface area contributed by atoms with Crippen molar-refractivity contribution in [3.63, 3.8) is 0 Å². The molecule has 7 nitrogen and oxygen atoms in total. The third-order valence-electron chi connectivity index (χ3n) is 1.99. The SMILES string of the molecule is Nc1cc(=O)[nH]c(Sc2nc(Cl)ccc2C(=O)O)n1. The van der Waals surface area contributed by atoms with Crippen LogP contribution in [-0.2, 0) is 0 Å². The first-order valence-corrected chi connectivity index (χ1v) is 6.09. The minimum absolute atomic E-state index is 0.0325. The molecule has 0 fully saturated rings. The van der Waals surface area contributed by atoms with Gasteiger partial charge in [-0.25, -0.2) is 14.8 Å². The van der Waals surface area contributed by atoms with Crippen LogP contribution in [0.25, 0.3) is 0 Å². The van der Waals surface area contributed by atoms with Gasteiger partial charge in [-0.3, -0.25) is 4.79 Å². The highest BCUT2D eigenvalue weighted by atomic mass is 35.5. The molecule has 2 heterocycles. The van der Waals surface area contributed by atoms with Gasteiger partial charge in [0.2, 0.25) is 0 Å². The number of nitrogen functional groups attached to an aromatic ring is 1. The molecule has 0 aromatic carbocycles. The van der Waals surface area contributed by atoms with Crippen LogP contribution in [0.1, 0.15) is 10.4 Å². The molecule has 4 N–H and O–H groups in total. The number of halogens is 1. The zero-order chi connectivity index (χ0) is 14.0. The average molecular weight is 299 g/mol. The summed E-state index contributed by atoms with van der Waals surface area (Å²) >= 11 is 6.58. The van der Waals surface area contributed by atoms with Gasteiger partial charge in [-0.1, -0.05) is 11.6 Å². The maximum atomic E-state index is 11.2. The maximum absolute atomic E-state index is 11.2. The lowest BCUT2D eigenvalue weighted by atomic mass is 10.3. The Morgan fingerprint density at radius 2 is 2.16 bits per heavy atom. The van der Waals surface area contributed by atoms with Gasteiger partial charge in [0.05, 0.1) is 5.56 Å². The fourth-order valence-corrected chi connectivity index (χ4v) is 2.34. The van der Waals surface area contributed by atoms with Crippen molar-refractivity contribution in [3.8, 4) is 0 Å². The predicted molar refractivity (Wildman–Crippen MR) is 69.6 cm³/mol. The van der Waals surface area contributed by atoms with E-state index in [-0.39, 0.29) is 26.7 Å². The van der Waals surface area contributed by atoms with E-state index in [1.54, 1.807) is 0 Å². The van der Waals surface area contributed by atoms with Crippen LogP contribution in [0.2, 0.25) is 5.15 Å². The number of H-pyrrole nitrogens is 1. The van der Waals surface area contributed by atoms with E-state index < -0.39 is 11.5 Å². The highest BCUT2D eigenvalue weighted by molar-refractivity contribution is 7.99. The Bertz CT molecular complexity index is 703. The Morgan fingerprint density at radius 3 is 2.79 bits per heavy atom. The molecule has 0 aliphatic heterocycles. The Morgan fingerprint density at radius 1 is 1.42 bits per heavy atom. The largest absolute Gasteiger partial charge is 0.478 e. The number of pyridine rings is 1. The standard InChI is InChI=1S/C10H7ClN4O3S/c11-5-2-1-4(9(17)18)8(13-5)19-10-14-6(12)3-7(16)15-10/h1-3H,(H,17,18)(H3,12,14,15,16). The molecule has 9 heteroatoms. The second kappa shape index (κ2) is 5.29. The molecule has 0 atom stereocenters. The van der Waals surface area contributed by atoms with Crippen LogP contribution in [0.3, 0.4) is 0 Å². The number of carbonyl (C=O) groups is 1. The number of hydrogen-bond donors (Lipinski definition) is 3. The summed E-state index contributed by atoms with van der Waals surface area (Å²) in [4.78, 5) is 32.5. The second-order valence-corrected chi connectivity index (χ2v) is 4.73. The molecule has 0 radical (unpaired) electrons. The molecule has 0 saturated carbocycles. The smallest absolute Gasteiger partial charge is 0.338 e. The zero-order valence-corrected chi connectivity index (χ0v) is 10.8. The molecule has 98 valence electrons. The fourth-order valence-electron chi connectivity index (χ4n) is 1.25. The van der Waals surface area contributed by atoms with Crippen molar-refractivity contribution in [1.29, 1.82) is 0 Å². The van der Waals surface area contributed by atoms with Crippen molar-refractivity contribution in [2.45, 2.75) is 10.2 Å². The van der Waals surface area contributed by atoms with E-state index in [0.29, 0.717) is 0 Å². The van der Waals surface area contributed by atoms with Crippen molar-refractivity contribution in [1.82, 2.24) is 15.0 Å². The number of nitrogens with zero attached hydrogens (tertiary/aromatic N) is 2. The number of carboxylic acids is 1. The summed E-state index contributed by atoms with van der Waals surface area (Å²) < 4.78 is 0. The second-order valence-electron chi connectivity index (χ2n) is 3.37. The number of aromatic carboxylic acids is 1. The number of nitrogens with one attached hydrogen (secondary N) is 1. The molecule has 0 aliphatic rings. The number of nitrogens with two attached hydrogens (primary N) is 1. The normalized spacial score (nSPS) is 10.4. The molecule has 2 aromatic heterocycles. The molecular weight excluding hydrogens is 292 g/mol. The van der Waals surface area contributed by atoms with Crippen molar-refractivity contribution in [3.05, 3.63) is 39.3 Å². The van der Waals surface area contributed by atoms with E-state index in [1.807, 2.05) is 0 Å². The van der Waals surface area contributed by atoms with Gasteiger partial charge in [-0.2, -0.15) is 0 Å². The first kappa shape index (κ1) is 13.4. The fraction of sp³-hybridized carbons (Fsp3) is 0. The third-order valence-corrected chi connectivity index (χ3v) is 3.09. The predicted octanol–water partition coefficient (Wildman–Crippen LogP) is 1.25. The number of carboxylic acid groups (broad SMARTS) is 1.